The molecule has 2 aliphatic rings. The van der Waals surface area contributed by atoms with Crippen molar-refractivity contribution in [3.05, 3.63) is 18.2 Å². The zero-order valence-corrected chi connectivity index (χ0v) is 15.0. The molecule has 1 aromatic rings. The minimum atomic E-state index is 0.148. The van der Waals surface area contributed by atoms with Crippen molar-refractivity contribution in [1.82, 2.24) is 19.4 Å². The van der Waals surface area contributed by atoms with E-state index in [-0.39, 0.29) is 12.0 Å². The molecule has 2 fully saturated rings. The van der Waals surface area contributed by atoms with E-state index < -0.39 is 0 Å². The van der Waals surface area contributed by atoms with Crippen molar-refractivity contribution in [2.75, 3.05) is 32.8 Å². The van der Waals surface area contributed by atoms with Gasteiger partial charge in [0.15, 0.2) is 0 Å². The molecule has 0 saturated carbocycles. The van der Waals surface area contributed by atoms with Crippen LogP contribution in [-0.4, -0.2) is 64.1 Å². The monoisotopic (exact) mass is 334 g/mol. The molecule has 0 bridgehead atoms. The fraction of sp³-hybridized carbons (Fsp3) is 0.778. The highest BCUT2D eigenvalue weighted by Gasteiger charge is 2.25. The van der Waals surface area contributed by atoms with Crippen molar-refractivity contribution in [3.8, 4) is 0 Å². The van der Waals surface area contributed by atoms with Crippen LogP contribution in [0.15, 0.2) is 12.4 Å². The Kier molecular flexibility index (Phi) is 5.89. The molecule has 2 aliphatic heterocycles. The van der Waals surface area contributed by atoms with Gasteiger partial charge in [-0.3, -0.25) is 9.69 Å². The number of aromatic nitrogens is 2. The van der Waals surface area contributed by atoms with Crippen LogP contribution in [0.1, 0.15) is 51.4 Å². The molecule has 1 aromatic heterocycles. The van der Waals surface area contributed by atoms with Crippen LogP contribution in [0.2, 0.25) is 0 Å². The molecule has 1 amide bonds. The highest BCUT2D eigenvalue weighted by Crippen LogP contribution is 2.18. The summed E-state index contributed by atoms with van der Waals surface area (Å²) in [6.07, 6.45) is 7.78. The van der Waals surface area contributed by atoms with E-state index in [0.717, 1.165) is 64.4 Å². The third kappa shape index (κ3) is 4.36. The number of carbonyl (C=O) groups excluding carboxylic acids is 1. The van der Waals surface area contributed by atoms with Gasteiger partial charge in [-0.05, 0) is 33.1 Å². The van der Waals surface area contributed by atoms with E-state index >= 15 is 0 Å². The highest BCUT2D eigenvalue weighted by molar-refractivity contribution is 5.76. The third-order valence-corrected chi connectivity index (χ3v) is 5.04. The molecule has 1 unspecified atom stereocenters. The maximum atomic E-state index is 12.5. The SMILES string of the molecule is CC(C)n1ccnc1CN1CCCN(C(=O)CC2CCCO2)CC1. The van der Waals surface area contributed by atoms with Gasteiger partial charge >= 0.3 is 0 Å². The van der Waals surface area contributed by atoms with Gasteiger partial charge in [-0.15, -0.1) is 0 Å². The van der Waals surface area contributed by atoms with E-state index in [9.17, 15) is 4.79 Å². The summed E-state index contributed by atoms with van der Waals surface area (Å²) in [5.74, 6) is 1.37. The van der Waals surface area contributed by atoms with E-state index in [4.69, 9.17) is 4.74 Å². The predicted octanol–water partition coefficient (Wildman–Crippen LogP) is 2.07. The summed E-state index contributed by atoms with van der Waals surface area (Å²) in [6.45, 7) is 9.65. The molecule has 0 spiro atoms. The molecule has 2 saturated heterocycles. The zero-order valence-electron chi connectivity index (χ0n) is 15.0. The summed E-state index contributed by atoms with van der Waals surface area (Å²) in [5, 5.41) is 0. The first kappa shape index (κ1) is 17.4. The van der Waals surface area contributed by atoms with E-state index in [2.05, 4.69) is 34.5 Å². The average Bonchev–Trinajstić information content (AvgIpc) is 3.16. The number of amides is 1. The number of hydrogen-bond donors (Lipinski definition) is 0. The van der Waals surface area contributed by atoms with Gasteiger partial charge in [0.05, 0.1) is 19.1 Å². The van der Waals surface area contributed by atoms with Gasteiger partial charge in [-0.2, -0.15) is 0 Å². The second-order valence-electron chi connectivity index (χ2n) is 7.19. The number of ether oxygens (including phenoxy) is 1. The predicted molar refractivity (Wildman–Crippen MR) is 92.7 cm³/mol. The van der Waals surface area contributed by atoms with Gasteiger partial charge in [0.2, 0.25) is 5.91 Å². The van der Waals surface area contributed by atoms with E-state index in [1.54, 1.807) is 0 Å². The Labute approximate surface area is 144 Å². The van der Waals surface area contributed by atoms with E-state index in [0.29, 0.717) is 12.5 Å². The van der Waals surface area contributed by atoms with Gasteiger partial charge in [-0.25, -0.2) is 4.98 Å². The van der Waals surface area contributed by atoms with Crippen LogP contribution in [0.5, 0.6) is 0 Å². The summed E-state index contributed by atoms with van der Waals surface area (Å²) in [6, 6.07) is 0.430. The number of imidazole rings is 1. The fourth-order valence-electron chi connectivity index (χ4n) is 3.64. The average molecular weight is 334 g/mol. The van der Waals surface area contributed by atoms with Crippen molar-refractivity contribution in [1.29, 1.82) is 0 Å². The normalized spacial score (nSPS) is 23.0. The first-order chi connectivity index (χ1) is 11.6. The lowest BCUT2D eigenvalue weighted by Crippen LogP contribution is -2.36. The Balaban J connectivity index is 1.51. The molecule has 1 atom stereocenters. The number of rotatable bonds is 5. The number of hydrogen-bond acceptors (Lipinski definition) is 4. The first-order valence-electron chi connectivity index (χ1n) is 9.27. The summed E-state index contributed by atoms with van der Waals surface area (Å²) in [5.41, 5.74) is 0. The maximum absolute atomic E-state index is 12.5. The smallest absolute Gasteiger partial charge is 0.225 e. The molecular weight excluding hydrogens is 304 g/mol. The van der Waals surface area contributed by atoms with Crippen molar-refractivity contribution < 1.29 is 9.53 Å². The molecule has 6 heteroatoms. The molecule has 134 valence electrons. The first-order valence-corrected chi connectivity index (χ1v) is 9.27. The van der Waals surface area contributed by atoms with Gasteiger partial charge in [0.1, 0.15) is 5.82 Å². The van der Waals surface area contributed by atoms with Crippen LogP contribution in [0.3, 0.4) is 0 Å². The summed E-state index contributed by atoms with van der Waals surface area (Å²) in [4.78, 5) is 21.4. The Morgan fingerprint density at radius 3 is 2.92 bits per heavy atom. The Hall–Kier alpha value is -1.40. The highest BCUT2D eigenvalue weighted by atomic mass is 16.5. The maximum Gasteiger partial charge on any atom is 0.225 e. The van der Waals surface area contributed by atoms with Gasteiger partial charge in [0.25, 0.3) is 0 Å². The van der Waals surface area contributed by atoms with Crippen LogP contribution < -0.4 is 0 Å². The third-order valence-electron chi connectivity index (χ3n) is 5.04. The summed E-state index contributed by atoms with van der Waals surface area (Å²) in [7, 11) is 0. The summed E-state index contributed by atoms with van der Waals surface area (Å²) >= 11 is 0. The second-order valence-corrected chi connectivity index (χ2v) is 7.19. The molecule has 3 heterocycles. The van der Waals surface area contributed by atoms with Crippen molar-refractivity contribution in [2.45, 2.75) is 58.2 Å². The zero-order chi connectivity index (χ0) is 16.9. The van der Waals surface area contributed by atoms with Crippen molar-refractivity contribution >= 4 is 5.91 Å². The molecule has 0 radical (unpaired) electrons. The van der Waals surface area contributed by atoms with Gasteiger partial charge < -0.3 is 14.2 Å². The minimum absolute atomic E-state index is 0.148. The largest absolute Gasteiger partial charge is 0.378 e. The molecule has 24 heavy (non-hydrogen) atoms. The number of carbonyl (C=O) groups is 1. The Morgan fingerprint density at radius 2 is 2.17 bits per heavy atom. The van der Waals surface area contributed by atoms with Gasteiger partial charge in [0, 0.05) is 51.2 Å². The lowest BCUT2D eigenvalue weighted by atomic mass is 10.1. The standard InChI is InChI=1S/C18H30N4O2/c1-15(2)22-9-6-19-17(22)14-20-7-4-8-21(11-10-20)18(23)13-16-5-3-12-24-16/h6,9,15-16H,3-5,7-8,10-14H2,1-2H3. The summed E-state index contributed by atoms with van der Waals surface area (Å²) < 4.78 is 7.83. The Morgan fingerprint density at radius 1 is 1.29 bits per heavy atom. The van der Waals surface area contributed by atoms with Crippen LogP contribution in [0.4, 0.5) is 0 Å². The molecule has 6 nitrogen and oxygen atoms in total. The lowest BCUT2D eigenvalue weighted by Gasteiger charge is -2.23. The van der Waals surface area contributed by atoms with E-state index in [1.165, 1.54) is 0 Å². The van der Waals surface area contributed by atoms with Crippen LogP contribution >= 0.6 is 0 Å². The molecule has 3 rings (SSSR count). The topological polar surface area (TPSA) is 50.6 Å². The van der Waals surface area contributed by atoms with Crippen LogP contribution in [0.25, 0.3) is 0 Å². The van der Waals surface area contributed by atoms with E-state index in [1.807, 2.05) is 11.1 Å². The Bertz CT molecular complexity index is 537. The molecular formula is C18H30N4O2. The van der Waals surface area contributed by atoms with Gasteiger partial charge in [-0.1, -0.05) is 0 Å². The second kappa shape index (κ2) is 8.12. The molecule has 0 aliphatic carbocycles. The lowest BCUT2D eigenvalue weighted by molar-refractivity contribution is -0.133. The fourth-order valence-corrected chi connectivity index (χ4v) is 3.64. The van der Waals surface area contributed by atoms with Crippen LogP contribution in [0, 0.1) is 0 Å². The quantitative estimate of drug-likeness (QED) is 0.827. The molecule has 0 aromatic carbocycles. The van der Waals surface area contributed by atoms with Crippen molar-refractivity contribution in [2.24, 2.45) is 0 Å². The molecule has 0 N–H and O–H groups in total. The van der Waals surface area contributed by atoms with Crippen LogP contribution in [-0.2, 0) is 16.1 Å². The minimum Gasteiger partial charge on any atom is -0.378 e. The number of nitrogens with zero attached hydrogens (tertiary/aromatic N) is 4. The van der Waals surface area contributed by atoms with Crippen molar-refractivity contribution in [3.63, 3.8) is 0 Å².